The predicted molar refractivity (Wildman–Crippen MR) is 81.0 cm³/mol. The van der Waals surface area contributed by atoms with E-state index >= 15 is 0 Å². The maximum atomic E-state index is 10.7. The van der Waals surface area contributed by atoms with Crippen molar-refractivity contribution in [2.24, 2.45) is 0 Å². The Kier molecular flexibility index (Phi) is 6.34. The SMILES string of the molecule is CCOC1O[C@H](CO)[C@@H](OCc2ccc(OC)cc2)[C@@]1(O)CO. The largest absolute Gasteiger partial charge is 0.497 e. The lowest BCUT2D eigenvalue weighted by atomic mass is 9.96. The summed E-state index contributed by atoms with van der Waals surface area (Å²) >= 11 is 0. The zero-order valence-electron chi connectivity index (χ0n) is 13.3. The third kappa shape index (κ3) is 3.82. The van der Waals surface area contributed by atoms with Gasteiger partial charge in [-0.3, -0.25) is 0 Å². The van der Waals surface area contributed by atoms with Gasteiger partial charge in [0.05, 0.1) is 26.9 Å². The average molecular weight is 328 g/mol. The fourth-order valence-corrected chi connectivity index (χ4v) is 2.60. The lowest BCUT2D eigenvalue weighted by Crippen LogP contribution is -2.53. The standard InChI is InChI=1S/C16H24O7/c1-3-21-15-16(19,10-18)14(13(8-17)23-15)22-9-11-4-6-12(20-2)7-5-11/h4-7,13-15,17-19H,3,8-10H2,1-2H3/t13-,14-,15?,16+/m1/s1. The van der Waals surface area contributed by atoms with E-state index in [4.69, 9.17) is 18.9 Å². The molecule has 1 unspecified atom stereocenters. The van der Waals surface area contributed by atoms with Crippen molar-refractivity contribution in [3.63, 3.8) is 0 Å². The maximum absolute atomic E-state index is 10.7. The second-order valence-corrected chi connectivity index (χ2v) is 5.37. The van der Waals surface area contributed by atoms with E-state index in [-0.39, 0.29) is 13.2 Å². The van der Waals surface area contributed by atoms with Crippen molar-refractivity contribution in [1.82, 2.24) is 0 Å². The molecule has 0 amide bonds. The van der Waals surface area contributed by atoms with Crippen LogP contribution < -0.4 is 4.74 Å². The van der Waals surface area contributed by atoms with Gasteiger partial charge in [-0.1, -0.05) is 12.1 Å². The van der Waals surface area contributed by atoms with Gasteiger partial charge in [-0.25, -0.2) is 0 Å². The molecule has 7 heteroatoms. The molecule has 4 atom stereocenters. The van der Waals surface area contributed by atoms with Crippen LogP contribution in [0, 0.1) is 0 Å². The van der Waals surface area contributed by atoms with Gasteiger partial charge >= 0.3 is 0 Å². The van der Waals surface area contributed by atoms with Gasteiger partial charge in [0.1, 0.15) is 18.0 Å². The number of methoxy groups -OCH3 is 1. The average Bonchev–Trinajstić information content (AvgIpc) is 2.86. The van der Waals surface area contributed by atoms with Crippen molar-refractivity contribution < 1.29 is 34.3 Å². The van der Waals surface area contributed by atoms with Gasteiger partial charge in [0.15, 0.2) is 11.9 Å². The van der Waals surface area contributed by atoms with E-state index in [9.17, 15) is 15.3 Å². The van der Waals surface area contributed by atoms with Gasteiger partial charge in [-0.15, -0.1) is 0 Å². The minimum atomic E-state index is -1.73. The molecule has 0 bridgehead atoms. The summed E-state index contributed by atoms with van der Waals surface area (Å²) in [5, 5.41) is 29.7. The molecule has 1 aromatic rings. The zero-order chi connectivity index (χ0) is 16.9. The fourth-order valence-electron chi connectivity index (χ4n) is 2.60. The van der Waals surface area contributed by atoms with Crippen LogP contribution in [0.25, 0.3) is 0 Å². The summed E-state index contributed by atoms with van der Waals surface area (Å²) in [4.78, 5) is 0. The van der Waals surface area contributed by atoms with Crippen LogP contribution in [0.3, 0.4) is 0 Å². The second kappa shape index (κ2) is 8.05. The minimum absolute atomic E-state index is 0.190. The van der Waals surface area contributed by atoms with Crippen LogP contribution in [0.15, 0.2) is 24.3 Å². The Morgan fingerprint density at radius 2 is 1.87 bits per heavy atom. The van der Waals surface area contributed by atoms with E-state index in [1.165, 1.54) is 0 Å². The van der Waals surface area contributed by atoms with Crippen LogP contribution in [0.5, 0.6) is 5.75 Å². The fraction of sp³-hybridized carbons (Fsp3) is 0.625. The number of benzene rings is 1. The number of hydrogen-bond acceptors (Lipinski definition) is 7. The topological polar surface area (TPSA) is 97.6 Å². The normalized spacial score (nSPS) is 30.6. The minimum Gasteiger partial charge on any atom is -0.497 e. The van der Waals surface area contributed by atoms with Gasteiger partial charge in [0.25, 0.3) is 0 Å². The summed E-state index contributed by atoms with van der Waals surface area (Å²) in [6, 6.07) is 7.27. The van der Waals surface area contributed by atoms with Gasteiger partial charge in [-0.2, -0.15) is 0 Å². The maximum Gasteiger partial charge on any atom is 0.191 e. The van der Waals surface area contributed by atoms with E-state index < -0.39 is 30.7 Å². The van der Waals surface area contributed by atoms with E-state index in [1.807, 2.05) is 12.1 Å². The second-order valence-electron chi connectivity index (χ2n) is 5.37. The summed E-state index contributed by atoms with van der Waals surface area (Å²) in [5.74, 6) is 0.731. The molecule has 1 fully saturated rings. The van der Waals surface area contributed by atoms with Crippen LogP contribution in [0.1, 0.15) is 12.5 Å². The van der Waals surface area contributed by atoms with Crippen molar-refractivity contribution in [3.8, 4) is 5.75 Å². The highest BCUT2D eigenvalue weighted by Gasteiger charge is 2.57. The molecule has 0 radical (unpaired) electrons. The van der Waals surface area contributed by atoms with Crippen molar-refractivity contribution in [2.45, 2.75) is 37.6 Å². The third-order valence-corrected chi connectivity index (χ3v) is 3.88. The first-order chi connectivity index (χ1) is 11.1. The quantitative estimate of drug-likeness (QED) is 0.621. The molecule has 1 saturated heterocycles. The summed E-state index contributed by atoms with van der Waals surface area (Å²) < 4.78 is 21.6. The lowest BCUT2D eigenvalue weighted by molar-refractivity contribution is -0.219. The van der Waals surface area contributed by atoms with Crippen molar-refractivity contribution in [3.05, 3.63) is 29.8 Å². The molecule has 3 N–H and O–H groups in total. The molecule has 1 aromatic carbocycles. The summed E-state index contributed by atoms with van der Waals surface area (Å²) in [6.07, 6.45) is -2.73. The summed E-state index contributed by atoms with van der Waals surface area (Å²) in [6.45, 7) is 1.30. The molecule has 0 saturated carbocycles. The van der Waals surface area contributed by atoms with Crippen LogP contribution in [-0.4, -0.2) is 66.3 Å². The van der Waals surface area contributed by atoms with Crippen molar-refractivity contribution >= 4 is 0 Å². The molecule has 130 valence electrons. The number of aliphatic hydroxyl groups excluding tert-OH is 2. The molecule has 23 heavy (non-hydrogen) atoms. The van der Waals surface area contributed by atoms with Gasteiger partial charge in [0, 0.05) is 6.61 Å². The number of rotatable bonds is 8. The molecule has 0 spiro atoms. The molecule has 7 nitrogen and oxygen atoms in total. The highest BCUT2D eigenvalue weighted by atomic mass is 16.7. The molecule has 0 aliphatic carbocycles. The first-order valence-corrected chi connectivity index (χ1v) is 7.54. The summed E-state index contributed by atoms with van der Waals surface area (Å²) in [7, 11) is 1.59. The Labute approximate surface area is 135 Å². The molecular weight excluding hydrogens is 304 g/mol. The van der Waals surface area contributed by atoms with Crippen LogP contribution in [0.2, 0.25) is 0 Å². The van der Waals surface area contributed by atoms with Crippen LogP contribution >= 0.6 is 0 Å². The monoisotopic (exact) mass is 328 g/mol. The predicted octanol–water partition coefficient (Wildman–Crippen LogP) is 0.0575. The van der Waals surface area contributed by atoms with Crippen molar-refractivity contribution in [2.75, 3.05) is 26.9 Å². The highest BCUT2D eigenvalue weighted by Crippen LogP contribution is 2.34. The number of ether oxygens (including phenoxy) is 4. The van der Waals surface area contributed by atoms with E-state index in [0.717, 1.165) is 11.3 Å². The van der Waals surface area contributed by atoms with Crippen LogP contribution in [-0.2, 0) is 20.8 Å². The van der Waals surface area contributed by atoms with E-state index in [2.05, 4.69) is 0 Å². The molecule has 0 aromatic heterocycles. The van der Waals surface area contributed by atoms with E-state index in [0.29, 0.717) is 6.61 Å². The molecule has 1 heterocycles. The Hall–Kier alpha value is -1.22. The first kappa shape index (κ1) is 18.1. The Balaban J connectivity index is 2.07. The van der Waals surface area contributed by atoms with Gasteiger partial charge in [-0.05, 0) is 24.6 Å². The van der Waals surface area contributed by atoms with Gasteiger partial charge < -0.3 is 34.3 Å². The molecule has 1 aliphatic heterocycles. The molecule has 2 rings (SSSR count). The van der Waals surface area contributed by atoms with Gasteiger partial charge in [0.2, 0.25) is 0 Å². The number of aliphatic hydroxyl groups is 3. The first-order valence-electron chi connectivity index (χ1n) is 7.54. The summed E-state index contributed by atoms with van der Waals surface area (Å²) in [5.41, 5.74) is -0.863. The number of hydrogen-bond donors (Lipinski definition) is 3. The molecule has 1 aliphatic rings. The Morgan fingerprint density at radius 3 is 2.39 bits per heavy atom. The third-order valence-electron chi connectivity index (χ3n) is 3.88. The van der Waals surface area contributed by atoms with Crippen molar-refractivity contribution in [1.29, 1.82) is 0 Å². The molecular formula is C16H24O7. The zero-order valence-corrected chi connectivity index (χ0v) is 13.3. The van der Waals surface area contributed by atoms with Crippen LogP contribution in [0.4, 0.5) is 0 Å². The Bertz CT molecular complexity index is 478. The highest BCUT2D eigenvalue weighted by molar-refractivity contribution is 5.26. The van der Waals surface area contributed by atoms with E-state index in [1.54, 1.807) is 26.2 Å². The Morgan fingerprint density at radius 1 is 1.17 bits per heavy atom. The lowest BCUT2D eigenvalue weighted by Gasteiger charge is -2.31. The smallest absolute Gasteiger partial charge is 0.191 e.